The van der Waals surface area contributed by atoms with Crippen LogP contribution in [0, 0.1) is 0 Å². The van der Waals surface area contributed by atoms with Gasteiger partial charge in [-0.25, -0.2) is 0 Å². The third-order valence-corrected chi connectivity index (χ3v) is 3.10. The summed E-state index contributed by atoms with van der Waals surface area (Å²) in [6, 6.07) is 0. The van der Waals surface area contributed by atoms with Crippen LogP contribution in [0.2, 0.25) is 0 Å². The molecule has 0 amide bonds. The van der Waals surface area contributed by atoms with Crippen LogP contribution in [0.15, 0.2) is 0 Å². The Bertz CT molecular complexity index is 163. The molecule has 1 aliphatic carbocycles. The minimum absolute atomic E-state index is 0. The molecule has 3 heteroatoms. The zero-order valence-corrected chi connectivity index (χ0v) is 8.08. The molecule has 12 heavy (non-hydrogen) atoms. The first kappa shape index (κ1) is 10.0. The second kappa shape index (κ2) is 3.75. The molecule has 0 unspecified atom stereocenters. The summed E-state index contributed by atoms with van der Waals surface area (Å²) in [6.45, 7) is 1.16. The van der Waals surface area contributed by atoms with E-state index < -0.39 is 0 Å². The van der Waals surface area contributed by atoms with Crippen molar-refractivity contribution in [2.75, 3.05) is 6.54 Å². The van der Waals surface area contributed by atoms with Crippen LogP contribution in [0.3, 0.4) is 0 Å². The normalized spacial score (nSPS) is 27.2. The lowest BCUT2D eigenvalue weighted by molar-refractivity contribution is -0.121. The topological polar surface area (TPSA) is 29.1 Å². The van der Waals surface area contributed by atoms with Gasteiger partial charge in [0.25, 0.3) is 0 Å². The molecule has 2 rings (SSSR count). The molecule has 2 aliphatic rings. The highest BCUT2D eigenvalue weighted by Crippen LogP contribution is 2.33. The summed E-state index contributed by atoms with van der Waals surface area (Å²) in [5, 5.41) is 3.54. The molecule has 2 nitrogen and oxygen atoms in total. The van der Waals surface area contributed by atoms with Crippen molar-refractivity contribution >= 4 is 18.2 Å². The van der Waals surface area contributed by atoms with E-state index in [1.54, 1.807) is 0 Å². The summed E-state index contributed by atoms with van der Waals surface area (Å²) in [5.74, 6) is 0.462. The van der Waals surface area contributed by atoms with Gasteiger partial charge in [-0.2, -0.15) is 0 Å². The number of hydrogen-bond donors (Lipinski definition) is 1. The van der Waals surface area contributed by atoms with Crippen LogP contribution < -0.4 is 5.32 Å². The lowest BCUT2D eigenvalue weighted by Gasteiger charge is -2.32. The first-order valence-corrected chi connectivity index (χ1v) is 4.58. The van der Waals surface area contributed by atoms with E-state index in [1.807, 2.05) is 0 Å². The third-order valence-electron chi connectivity index (χ3n) is 3.10. The molecule has 2 fully saturated rings. The van der Waals surface area contributed by atoms with Gasteiger partial charge in [0.1, 0.15) is 5.78 Å². The van der Waals surface area contributed by atoms with Crippen molar-refractivity contribution in [2.24, 2.45) is 0 Å². The van der Waals surface area contributed by atoms with Crippen LogP contribution >= 0.6 is 12.4 Å². The van der Waals surface area contributed by atoms with Gasteiger partial charge in [0.2, 0.25) is 0 Å². The van der Waals surface area contributed by atoms with Crippen molar-refractivity contribution in [3.63, 3.8) is 0 Å². The number of rotatable bonds is 0. The van der Waals surface area contributed by atoms with Crippen molar-refractivity contribution in [3.05, 3.63) is 0 Å². The zero-order valence-electron chi connectivity index (χ0n) is 7.27. The minimum Gasteiger partial charge on any atom is -0.311 e. The van der Waals surface area contributed by atoms with Crippen LogP contribution in [-0.2, 0) is 4.79 Å². The monoisotopic (exact) mass is 189 g/mol. The van der Waals surface area contributed by atoms with Crippen LogP contribution in [0.1, 0.15) is 38.5 Å². The molecule has 1 saturated carbocycles. The number of halogens is 1. The smallest absolute Gasteiger partial charge is 0.133 e. The summed E-state index contributed by atoms with van der Waals surface area (Å²) in [7, 11) is 0. The molecule has 0 aromatic carbocycles. The number of carbonyl (C=O) groups is 1. The lowest BCUT2D eigenvalue weighted by atomic mass is 9.80. The largest absolute Gasteiger partial charge is 0.311 e. The predicted molar refractivity (Wildman–Crippen MR) is 50.7 cm³/mol. The molecule has 0 bridgehead atoms. The molecule has 70 valence electrons. The van der Waals surface area contributed by atoms with Gasteiger partial charge in [-0.15, -0.1) is 12.4 Å². The maximum absolute atomic E-state index is 11.0. The Morgan fingerprint density at radius 1 is 1.17 bits per heavy atom. The molecule has 0 aromatic rings. The van der Waals surface area contributed by atoms with Crippen LogP contribution in [-0.4, -0.2) is 17.9 Å². The Labute approximate surface area is 79.5 Å². The SMILES string of the molecule is Cl.O=C1CCC2(CCCN2)CC1. The van der Waals surface area contributed by atoms with Gasteiger partial charge >= 0.3 is 0 Å². The van der Waals surface area contributed by atoms with Gasteiger partial charge in [0, 0.05) is 18.4 Å². The summed E-state index contributed by atoms with van der Waals surface area (Å²) < 4.78 is 0. The standard InChI is InChI=1S/C9H15NO.ClH/c11-8-2-5-9(6-3-8)4-1-7-10-9;/h10H,1-7H2;1H. The summed E-state index contributed by atoms with van der Waals surface area (Å²) in [4.78, 5) is 11.0. The number of Topliss-reactive ketones (excluding diaryl/α,β-unsaturated/α-hetero) is 1. The van der Waals surface area contributed by atoms with E-state index in [2.05, 4.69) is 5.32 Å². The summed E-state index contributed by atoms with van der Waals surface area (Å²) >= 11 is 0. The van der Waals surface area contributed by atoms with E-state index in [1.165, 1.54) is 12.8 Å². The molecule has 1 spiro atoms. The first-order chi connectivity index (χ1) is 5.31. The van der Waals surface area contributed by atoms with E-state index in [-0.39, 0.29) is 12.4 Å². The Morgan fingerprint density at radius 2 is 1.83 bits per heavy atom. The molecular weight excluding hydrogens is 174 g/mol. The molecule has 0 aromatic heterocycles. The predicted octanol–water partition coefficient (Wildman–Crippen LogP) is 1.67. The van der Waals surface area contributed by atoms with Gasteiger partial charge in [0.15, 0.2) is 0 Å². The number of ketones is 1. The van der Waals surface area contributed by atoms with Crippen LogP contribution in [0.4, 0.5) is 0 Å². The second-order valence-electron chi connectivity index (χ2n) is 3.85. The molecule has 1 N–H and O–H groups in total. The quantitative estimate of drug-likeness (QED) is 0.628. The Hall–Kier alpha value is -0.0800. The van der Waals surface area contributed by atoms with Gasteiger partial charge in [0.05, 0.1) is 0 Å². The van der Waals surface area contributed by atoms with Crippen LogP contribution in [0.25, 0.3) is 0 Å². The maximum Gasteiger partial charge on any atom is 0.133 e. The maximum atomic E-state index is 11.0. The fraction of sp³-hybridized carbons (Fsp3) is 0.889. The van der Waals surface area contributed by atoms with Crippen molar-refractivity contribution in [2.45, 2.75) is 44.1 Å². The van der Waals surface area contributed by atoms with Crippen molar-refractivity contribution in [3.8, 4) is 0 Å². The zero-order chi connectivity index (χ0) is 7.73. The minimum atomic E-state index is 0. The van der Waals surface area contributed by atoms with Gasteiger partial charge in [-0.05, 0) is 32.2 Å². The molecule has 0 atom stereocenters. The van der Waals surface area contributed by atoms with E-state index in [0.717, 1.165) is 32.2 Å². The average molecular weight is 190 g/mol. The van der Waals surface area contributed by atoms with Gasteiger partial charge in [-0.1, -0.05) is 0 Å². The highest BCUT2D eigenvalue weighted by Gasteiger charge is 2.36. The van der Waals surface area contributed by atoms with Crippen molar-refractivity contribution in [1.82, 2.24) is 5.32 Å². The molecule has 1 aliphatic heterocycles. The van der Waals surface area contributed by atoms with Crippen LogP contribution in [0.5, 0.6) is 0 Å². The Balaban J connectivity index is 0.000000720. The summed E-state index contributed by atoms with van der Waals surface area (Å²) in [5.41, 5.74) is 0.383. The van der Waals surface area contributed by atoms with Gasteiger partial charge in [-0.3, -0.25) is 4.79 Å². The molecule has 0 radical (unpaired) electrons. The first-order valence-electron chi connectivity index (χ1n) is 4.58. The number of nitrogens with one attached hydrogen (secondary N) is 1. The fourth-order valence-electron chi connectivity index (χ4n) is 2.30. The van der Waals surface area contributed by atoms with E-state index in [4.69, 9.17) is 0 Å². The second-order valence-corrected chi connectivity index (χ2v) is 3.85. The van der Waals surface area contributed by atoms with Crippen molar-refractivity contribution in [1.29, 1.82) is 0 Å². The van der Waals surface area contributed by atoms with Crippen molar-refractivity contribution < 1.29 is 4.79 Å². The number of carbonyl (C=O) groups excluding carboxylic acids is 1. The molecular formula is C9H16ClNO. The molecule has 1 heterocycles. The van der Waals surface area contributed by atoms with E-state index in [0.29, 0.717) is 11.3 Å². The average Bonchev–Trinajstić information content (AvgIpc) is 2.45. The van der Waals surface area contributed by atoms with E-state index >= 15 is 0 Å². The van der Waals surface area contributed by atoms with E-state index in [9.17, 15) is 4.79 Å². The highest BCUT2D eigenvalue weighted by atomic mass is 35.5. The Morgan fingerprint density at radius 3 is 2.33 bits per heavy atom. The van der Waals surface area contributed by atoms with Gasteiger partial charge < -0.3 is 5.32 Å². The summed E-state index contributed by atoms with van der Waals surface area (Å²) in [6.07, 6.45) is 6.39. The Kier molecular flexibility index (Phi) is 3.13. The highest BCUT2D eigenvalue weighted by molar-refractivity contribution is 5.85. The third kappa shape index (κ3) is 1.80. The number of hydrogen-bond acceptors (Lipinski definition) is 2. The fourth-order valence-corrected chi connectivity index (χ4v) is 2.30. The lowest BCUT2D eigenvalue weighted by Crippen LogP contribution is -2.43. The molecule has 1 saturated heterocycles.